The van der Waals surface area contributed by atoms with Crippen LogP contribution in [0.1, 0.15) is 5.56 Å². The maximum atomic E-state index is 13.3. The van der Waals surface area contributed by atoms with Crippen LogP contribution < -0.4 is 10.5 Å². The quantitative estimate of drug-likeness (QED) is 0.747. The summed E-state index contributed by atoms with van der Waals surface area (Å²) in [5.74, 6) is 0.528. The number of halogens is 1. The number of aromatic nitrogens is 1. The van der Waals surface area contributed by atoms with Crippen LogP contribution in [0.5, 0.6) is 11.5 Å². The normalized spacial score (nSPS) is 10.5. The molecule has 3 rings (SSSR count). The van der Waals surface area contributed by atoms with Gasteiger partial charge in [-0.2, -0.15) is 0 Å². The molecular weight excluding hydrogens is 287 g/mol. The molecule has 0 atom stereocenters. The molecule has 0 radical (unpaired) electrons. The number of thiocarbonyl (C=S) groups is 1. The molecule has 0 bridgehead atoms. The molecule has 0 unspecified atom stereocenters. The van der Waals surface area contributed by atoms with Crippen LogP contribution in [-0.4, -0.2) is 9.97 Å². The lowest BCUT2D eigenvalue weighted by Gasteiger charge is -2.10. The van der Waals surface area contributed by atoms with Gasteiger partial charge in [0.05, 0.1) is 17.3 Å². The largest absolute Gasteiger partial charge is 0.455 e. The van der Waals surface area contributed by atoms with Gasteiger partial charge in [0, 0.05) is 5.39 Å². The van der Waals surface area contributed by atoms with Gasteiger partial charge >= 0.3 is 0 Å². The van der Waals surface area contributed by atoms with E-state index in [2.05, 4.69) is 4.98 Å². The number of nitrogens with two attached hydrogens (primary N) is 1. The highest BCUT2D eigenvalue weighted by Crippen LogP contribution is 2.27. The van der Waals surface area contributed by atoms with Crippen molar-refractivity contribution in [2.45, 2.75) is 0 Å². The van der Waals surface area contributed by atoms with Crippen molar-refractivity contribution < 1.29 is 9.13 Å². The van der Waals surface area contributed by atoms with Gasteiger partial charge in [-0.05, 0) is 30.3 Å². The molecule has 1 aromatic heterocycles. The first kappa shape index (κ1) is 13.5. The average Bonchev–Trinajstić information content (AvgIpc) is 2.49. The summed E-state index contributed by atoms with van der Waals surface area (Å²) in [6.07, 6.45) is 1.61. The lowest BCUT2D eigenvalue weighted by Crippen LogP contribution is -2.11. The van der Waals surface area contributed by atoms with Gasteiger partial charge in [0.1, 0.15) is 22.3 Å². The van der Waals surface area contributed by atoms with E-state index in [4.69, 9.17) is 22.7 Å². The summed E-state index contributed by atoms with van der Waals surface area (Å²) in [6.45, 7) is 0. The second-order valence-electron chi connectivity index (χ2n) is 4.47. The standard InChI is InChI=1S/C16H11FN2OS/c17-11-5-6-15(13(8-11)16(18)21)20-12-7-10-3-1-2-4-14(10)19-9-12/h1-9H,(H2,18,21). The molecular formula is C16H11FN2OS. The first-order valence-electron chi connectivity index (χ1n) is 6.25. The summed E-state index contributed by atoms with van der Waals surface area (Å²) < 4.78 is 19.0. The Morgan fingerprint density at radius 2 is 1.95 bits per heavy atom. The zero-order valence-corrected chi connectivity index (χ0v) is 11.7. The third-order valence-corrected chi connectivity index (χ3v) is 3.22. The lowest BCUT2D eigenvalue weighted by molar-refractivity contribution is 0.478. The predicted octanol–water partition coefficient (Wildman–Crippen LogP) is 3.80. The molecule has 0 aliphatic carbocycles. The molecule has 1 heterocycles. The van der Waals surface area contributed by atoms with Crippen LogP contribution in [0.3, 0.4) is 0 Å². The fourth-order valence-corrected chi connectivity index (χ4v) is 2.18. The highest BCUT2D eigenvalue weighted by Gasteiger charge is 2.09. The van der Waals surface area contributed by atoms with Gasteiger partial charge in [-0.25, -0.2) is 4.39 Å². The van der Waals surface area contributed by atoms with E-state index in [-0.39, 0.29) is 4.99 Å². The van der Waals surface area contributed by atoms with Crippen molar-refractivity contribution in [1.82, 2.24) is 4.98 Å². The van der Waals surface area contributed by atoms with Crippen molar-refractivity contribution >= 4 is 28.1 Å². The van der Waals surface area contributed by atoms with Crippen LogP contribution in [0.2, 0.25) is 0 Å². The molecule has 2 aromatic carbocycles. The minimum atomic E-state index is -0.415. The molecule has 2 N–H and O–H groups in total. The number of fused-ring (bicyclic) bond motifs is 1. The van der Waals surface area contributed by atoms with E-state index in [9.17, 15) is 4.39 Å². The van der Waals surface area contributed by atoms with Crippen LogP contribution in [0, 0.1) is 5.82 Å². The van der Waals surface area contributed by atoms with E-state index in [0.29, 0.717) is 17.1 Å². The maximum absolute atomic E-state index is 13.3. The summed E-state index contributed by atoms with van der Waals surface area (Å²) in [7, 11) is 0. The average molecular weight is 298 g/mol. The van der Waals surface area contributed by atoms with E-state index >= 15 is 0 Å². The van der Waals surface area contributed by atoms with Crippen molar-refractivity contribution in [2.75, 3.05) is 0 Å². The van der Waals surface area contributed by atoms with Gasteiger partial charge < -0.3 is 10.5 Å². The van der Waals surface area contributed by atoms with Crippen LogP contribution in [-0.2, 0) is 0 Å². The molecule has 0 spiro atoms. The lowest BCUT2D eigenvalue weighted by atomic mass is 10.2. The fraction of sp³-hybridized carbons (Fsp3) is 0. The van der Waals surface area contributed by atoms with Crippen LogP contribution in [0.4, 0.5) is 4.39 Å². The van der Waals surface area contributed by atoms with Gasteiger partial charge in [0.2, 0.25) is 0 Å². The Labute approximate surface area is 126 Å². The van der Waals surface area contributed by atoms with E-state index in [1.807, 2.05) is 30.3 Å². The summed E-state index contributed by atoms with van der Waals surface area (Å²) in [5, 5.41) is 0.953. The Balaban J connectivity index is 2.00. The number of benzene rings is 2. The van der Waals surface area contributed by atoms with Gasteiger partial charge in [0.25, 0.3) is 0 Å². The van der Waals surface area contributed by atoms with Crippen LogP contribution in [0.25, 0.3) is 10.9 Å². The Hall–Kier alpha value is -2.53. The topological polar surface area (TPSA) is 48.1 Å². The minimum absolute atomic E-state index is 0.0817. The maximum Gasteiger partial charge on any atom is 0.146 e. The molecule has 5 heteroatoms. The molecule has 21 heavy (non-hydrogen) atoms. The molecule has 3 nitrogen and oxygen atoms in total. The van der Waals surface area contributed by atoms with Crippen molar-refractivity contribution in [1.29, 1.82) is 0 Å². The SMILES string of the molecule is NC(=S)c1cc(F)ccc1Oc1cnc2ccccc2c1. The zero-order valence-electron chi connectivity index (χ0n) is 10.9. The smallest absolute Gasteiger partial charge is 0.146 e. The Bertz CT molecular complexity index is 835. The third-order valence-electron chi connectivity index (χ3n) is 3.00. The fourth-order valence-electron chi connectivity index (χ4n) is 2.02. The summed E-state index contributed by atoms with van der Waals surface area (Å²) in [5.41, 5.74) is 6.83. The number of hydrogen-bond acceptors (Lipinski definition) is 3. The van der Waals surface area contributed by atoms with E-state index in [0.717, 1.165) is 10.9 Å². The molecule has 104 valence electrons. The Kier molecular flexibility index (Phi) is 3.50. The molecule has 0 saturated heterocycles. The number of ether oxygens (including phenoxy) is 1. The van der Waals surface area contributed by atoms with Crippen molar-refractivity contribution in [3.05, 3.63) is 66.1 Å². The van der Waals surface area contributed by atoms with Gasteiger partial charge in [-0.1, -0.05) is 30.4 Å². The van der Waals surface area contributed by atoms with Crippen molar-refractivity contribution in [3.8, 4) is 11.5 Å². The highest BCUT2D eigenvalue weighted by atomic mass is 32.1. The molecule has 0 fully saturated rings. The second kappa shape index (κ2) is 5.46. The number of nitrogens with zero attached hydrogens (tertiary/aromatic N) is 1. The van der Waals surface area contributed by atoms with E-state index < -0.39 is 5.82 Å². The number of pyridine rings is 1. The third kappa shape index (κ3) is 2.83. The van der Waals surface area contributed by atoms with Crippen molar-refractivity contribution in [3.63, 3.8) is 0 Å². The Morgan fingerprint density at radius 3 is 2.76 bits per heavy atom. The van der Waals surface area contributed by atoms with Crippen LogP contribution >= 0.6 is 12.2 Å². The minimum Gasteiger partial charge on any atom is -0.455 e. The first-order valence-corrected chi connectivity index (χ1v) is 6.66. The molecule has 0 aliphatic heterocycles. The Morgan fingerprint density at radius 1 is 1.14 bits per heavy atom. The molecule has 0 aliphatic rings. The molecule has 0 saturated carbocycles. The summed E-state index contributed by atoms with van der Waals surface area (Å²) in [6, 6.07) is 13.6. The summed E-state index contributed by atoms with van der Waals surface area (Å²) in [4.78, 5) is 4.39. The number of rotatable bonds is 3. The van der Waals surface area contributed by atoms with E-state index in [1.54, 1.807) is 6.20 Å². The van der Waals surface area contributed by atoms with Crippen molar-refractivity contribution in [2.24, 2.45) is 5.73 Å². The zero-order chi connectivity index (χ0) is 14.8. The van der Waals surface area contributed by atoms with E-state index in [1.165, 1.54) is 18.2 Å². The molecule has 3 aromatic rings. The molecule has 0 amide bonds. The monoisotopic (exact) mass is 298 g/mol. The predicted molar refractivity (Wildman–Crippen MR) is 84.1 cm³/mol. The van der Waals surface area contributed by atoms with Gasteiger partial charge in [-0.15, -0.1) is 0 Å². The second-order valence-corrected chi connectivity index (χ2v) is 4.91. The number of para-hydroxylation sites is 1. The first-order chi connectivity index (χ1) is 10.1. The van der Waals surface area contributed by atoms with Crippen LogP contribution in [0.15, 0.2) is 54.7 Å². The summed E-state index contributed by atoms with van der Waals surface area (Å²) >= 11 is 4.92. The van der Waals surface area contributed by atoms with Gasteiger partial charge in [0.15, 0.2) is 0 Å². The van der Waals surface area contributed by atoms with Gasteiger partial charge in [-0.3, -0.25) is 4.98 Å². The highest BCUT2D eigenvalue weighted by molar-refractivity contribution is 7.80. The number of hydrogen-bond donors (Lipinski definition) is 1.